The largest absolute Gasteiger partial charge is 0.309 e. The number of anilines is 6. The minimum atomic E-state index is 1.21. The van der Waals surface area contributed by atoms with Crippen molar-refractivity contribution in [1.82, 2.24) is 9.13 Å². The Morgan fingerprint density at radius 2 is 0.488 bits per heavy atom. The first kappa shape index (κ1) is 55.7. The lowest BCUT2D eigenvalue weighted by molar-refractivity contribution is 1.15. The van der Waals surface area contributed by atoms with Crippen LogP contribution in [0.3, 0.4) is 0 Å². The van der Waals surface area contributed by atoms with E-state index in [2.05, 4.69) is 341 Å². The van der Waals surface area contributed by atoms with Crippen LogP contribution in [0, 0.1) is 55.4 Å². The van der Waals surface area contributed by atoms with Crippen molar-refractivity contribution in [1.29, 1.82) is 0 Å². The number of rotatable bonds is 4. The van der Waals surface area contributed by atoms with Crippen LogP contribution in [0.2, 0.25) is 0 Å². The van der Waals surface area contributed by atoms with E-state index < -0.39 is 0 Å². The summed E-state index contributed by atoms with van der Waals surface area (Å²) in [5.41, 5.74) is 25.3. The molecule has 0 atom stereocenters. The monoisotopic (exact) mass is 1150 g/mol. The van der Waals surface area contributed by atoms with Crippen molar-refractivity contribution in [2.24, 2.45) is 0 Å². The van der Waals surface area contributed by atoms with Gasteiger partial charge >= 0.3 is 0 Å². The van der Waals surface area contributed by atoms with Crippen LogP contribution in [0.15, 0.2) is 287 Å². The molecule has 0 radical (unpaired) electrons. The summed E-state index contributed by atoms with van der Waals surface area (Å²) in [6.45, 7) is 17.1. The van der Waals surface area contributed by atoms with Crippen molar-refractivity contribution < 1.29 is 0 Å². The highest BCUT2D eigenvalue weighted by molar-refractivity contribution is 8.00. The Bertz CT molecular complexity index is 4570. The maximum Gasteiger partial charge on any atom is 0.0601 e. The maximum atomic E-state index is 2.37. The molecule has 0 fully saturated rings. The summed E-state index contributed by atoms with van der Waals surface area (Å²) in [7, 11) is 0. The van der Waals surface area contributed by atoms with Crippen molar-refractivity contribution in [2.45, 2.75) is 75.0 Å². The van der Waals surface area contributed by atoms with Crippen LogP contribution in [0.25, 0.3) is 55.0 Å². The molecule has 2 aliphatic rings. The fourth-order valence-corrected chi connectivity index (χ4v) is 14.1. The Labute approximate surface area is 514 Å². The van der Waals surface area contributed by atoms with Gasteiger partial charge in [-0.25, -0.2) is 0 Å². The lowest BCUT2D eigenvalue weighted by atomic mass is 10.1. The van der Waals surface area contributed by atoms with Gasteiger partial charge in [0.2, 0.25) is 0 Å². The Kier molecular flexibility index (Phi) is 15.5. The molecule has 0 spiro atoms. The van der Waals surface area contributed by atoms with Crippen LogP contribution in [-0.2, 0) is 0 Å². The van der Waals surface area contributed by atoms with Gasteiger partial charge in [-0.2, -0.15) is 0 Å². The molecule has 86 heavy (non-hydrogen) atoms. The Hall–Kier alpha value is -9.46. The number of fused-ring (bicyclic) bond motifs is 10. The zero-order valence-electron chi connectivity index (χ0n) is 50.0. The first-order chi connectivity index (χ1) is 41.9. The number of aromatic nitrogens is 2. The molecule has 0 amide bonds. The van der Waals surface area contributed by atoms with Gasteiger partial charge in [0.15, 0.2) is 0 Å². The number of para-hydroxylation sites is 4. The van der Waals surface area contributed by atoms with Gasteiger partial charge in [-0.1, -0.05) is 190 Å². The molecule has 14 aromatic rings. The van der Waals surface area contributed by atoms with Gasteiger partial charge in [-0.15, -0.1) is 0 Å². The van der Waals surface area contributed by atoms with E-state index in [1.807, 2.05) is 23.5 Å². The molecule has 0 saturated heterocycles. The lowest BCUT2D eigenvalue weighted by Gasteiger charge is -2.33. The summed E-state index contributed by atoms with van der Waals surface area (Å²) in [5, 5.41) is 5.28. The van der Waals surface area contributed by atoms with Crippen molar-refractivity contribution in [2.75, 3.05) is 9.80 Å². The lowest BCUT2D eigenvalue weighted by Crippen LogP contribution is -2.15. The zero-order chi connectivity index (χ0) is 59.0. The van der Waals surface area contributed by atoms with Crippen LogP contribution in [0.4, 0.5) is 34.1 Å². The SMILES string of the molecule is Cc1ccc(-n2c3ccc(C)cc3c3cc(C)ccc32)cc1.Cc1ccc(-n2c3ccccc3c3ccccc32)cc1.Cc1ccc(N2c3ccc(C)cc3Sc3cc(C)ccc32)cc1.Cc1ccc(N2c3ccccc3Sc3ccccc32)cc1. The first-order valence-corrected chi connectivity index (χ1v) is 31.2. The van der Waals surface area contributed by atoms with Crippen molar-refractivity contribution in [3.63, 3.8) is 0 Å². The molecule has 0 saturated carbocycles. The third-order valence-electron chi connectivity index (χ3n) is 16.2. The molecule has 16 rings (SSSR count). The van der Waals surface area contributed by atoms with E-state index in [-0.39, 0.29) is 0 Å². The summed E-state index contributed by atoms with van der Waals surface area (Å²) < 4.78 is 4.70. The predicted molar refractivity (Wildman–Crippen MR) is 370 cm³/mol. The average Bonchev–Trinajstić information content (AvgIpc) is 1.45. The molecule has 0 aliphatic carbocycles. The smallest absolute Gasteiger partial charge is 0.0601 e. The minimum absolute atomic E-state index is 1.21. The van der Waals surface area contributed by atoms with Gasteiger partial charge in [0.05, 0.1) is 44.8 Å². The summed E-state index contributed by atoms with van der Waals surface area (Å²) >= 11 is 3.71. The third-order valence-corrected chi connectivity index (χ3v) is 18.4. The molecule has 0 N–H and O–H groups in total. The van der Waals surface area contributed by atoms with Crippen molar-refractivity contribution >= 4 is 101 Å². The summed E-state index contributed by atoms with van der Waals surface area (Å²) in [6.07, 6.45) is 0. The van der Waals surface area contributed by atoms with E-state index in [4.69, 9.17) is 0 Å². The van der Waals surface area contributed by atoms with Crippen molar-refractivity contribution in [3.05, 3.63) is 311 Å². The first-order valence-electron chi connectivity index (χ1n) is 29.5. The van der Waals surface area contributed by atoms with Crippen LogP contribution < -0.4 is 9.80 Å². The topological polar surface area (TPSA) is 16.3 Å². The molecule has 4 nitrogen and oxygen atoms in total. The van der Waals surface area contributed by atoms with E-state index in [1.54, 1.807) is 0 Å². The Morgan fingerprint density at radius 3 is 0.884 bits per heavy atom. The standard InChI is InChI=1S/C21H19NS.C21H19N.C19H15NS.C19H15N/c1-14-4-8-17(9-5-14)22-18-10-6-15(2)12-20(18)23-21-13-16(3)7-11-19(21)22;1-14-4-8-17(9-5-14)22-20-10-6-15(2)12-18(20)19-13-16(3)7-11-21(19)22;1-14-10-12-15(13-11-14)20-16-6-2-4-8-18(16)21-19-9-5-3-7-17(19)20;1-14-10-12-15(13-11-14)20-18-8-4-2-6-16(18)17-7-3-5-9-19(17)20/h4-13H,1-3H3;4-13H,1-3H3;2-13H,1H3;2-13H,1H3. The van der Waals surface area contributed by atoms with Crippen LogP contribution in [0.5, 0.6) is 0 Å². The molecule has 420 valence electrons. The van der Waals surface area contributed by atoms with E-state index in [0.29, 0.717) is 0 Å². The van der Waals surface area contributed by atoms with Gasteiger partial charge in [-0.05, 0) is 200 Å². The second kappa shape index (κ2) is 23.9. The Morgan fingerprint density at radius 1 is 0.209 bits per heavy atom. The number of hydrogen-bond donors (Lipinski definition) is 0. The fourth-order valence-electron chi connectivity index (χ4n) is 11.8. The predicted octanol–water partition coefficient (Wildman–Crippen LogP) is 23.3. The molecular formula is C80H68N4S2. The highest BCUT2D eigenvalue weighted by atomic mass is 32.2. The van der Waals surface area contributed by atoms with Gasteiger partial charge < -0.3 is 18.9 Å². The molecule has 2 aromatic heterocycles. The van der Waals surface area contributed by atoms with Gasteiger partial charge in [0.1, 0.15) is 0 Å². The molecule has 4 heterocycles. The number of aryl methyl sites for hydroxylation is 8. The van der Waals surface area contributed by atoms with Crippen molar-refractivity contribution in [3.8, 4) is 11.4 Å². The average molecular weight is 1150 g/mol. The highest BCUT2D eigenvalue weighted by Crippen LogP contribution is 2.53. The maximum absolute atomic E-state index is 2.37. The molecule has 0 unspecified atom stereocenters. The number of benzene rings is 12. The summed E-state index contributed by atoms with van der Waals surface area (Å²) in [4.78, 5) is 9.97. The second-order valence-electron chi connectivity index (χ2n) is 22.8. The van der Waals surface area contributed by atoms with Crippen LogP contribution in [0.1, 0.15) is 44.5 Å². The molecule has 12 aromatic carbocycles. The quantitative estimate of drug-likeness (QED) is 0.175. The van der Waals surface area contributed by atoms with Gasteiger partial charge in [-0.3, -0.25) is 0 Å². The van der Waals surface area contributed by atoms with E-state index >= 15 is 0 Å². The number of nitrogens with zero attached hydrogens (tertiary/aromatic N) is 4. The van der Waals surface area contributed by atoms with Crippen LogP contribution >= 0.6 is 23.5 Å². The fraction of sp³-hybridized carbons (Fsp3) is 0.100. The van der Waals surface area contributed by atoms with Gasteiger partial charge in [0, 0.05) is 63.9 Å². The van der Waals surface area contributed by atoms with E-state index in [9.17, 15) is 0 Å². The number of hydrogen-bond acceptors (Lipinski definition) is 4. The van der Waals surface area contributed by atoms with Crippen LogP contribution in [-0.4, -0.2) is 9.13 Å². The minimum Gasteiger partial charge on any atom is -0.309 e. The zero-order valence-corrected chi connectivity index (χ0v) is 51.6. The second-order valence-corrected chi connectivity index (χ2v) is 25.0. The summed E-state index contributed by atoms with van der Waals surface area (Å²) in [5.74, 6) is 0. The Balaban J connectivity index is 0.000000106. The summed E-state index contributed by atoms with van der Waals surface area (Å²) in [6, 6.07) is 96.2. The normalized spacial score (nSPS) is 12.0. The van der Waals surface area contributed by atoms with E-state index in [1.165, 1.54) is 153 Å². The van der Waals surface area contributed by atoms with E-state index in [0.717, 1.165) is 0 Å². The van der Waals surface area contributed by atoms with Gasteiger partial charge in [0.25, 0.3) is 0 Å². The molecule has 2 aliphatic heterocycles. The highest BCUT2D eigenvalue weighted by Gasteiger charge is 2.26. The molecule has 6 heteroatoms. The molecule has 0 bridgehead atoms. The third kappa shape index (κ3) is 11.1. The molecular weight excluding hydrogens is 1080 g/mol.